The zero-order valence-electron chi connectivity index (χ0n) is 22.9. The van der Waals surface area contributed by atoms with Crippen molar-refractivity contribution in [1.82, 2.24) is 24.1 Å². The van der Waals surface area contributed by atoms with Crippen LogP contribution in [0.1, 0.15) is 72.7 Å². The molecule has 7 nitrogen and oxygen atoms in total. The summed E-state index contributed by atoms with van der Waals surface area (Å²) in [5, 5.41) is 4.01. The highest BCUT2D eigenvalue weighted by molar-refractivity contribution is 7.12. The van der Waals surface area contributed by atoms with Gasteiger partial charge in [0.1, 0.15) is 5.82 Å². The molecule has 0 radical (unpaired) electrons. The monoisotopic (exact) mass is 531 g/mol. The molecule has 1 amide bonds. The first-order chi connectivity index (χ1) is 18.3. The van der Waals surface area contributed by atoms with Crippen molar-refractivity contribution in [2.24, 2.45) is 0 Å². The van der Waals surface area contributed by atoms with Crippen LogP contribution in [0.5, 0.6) is 0 Å². The second kappa shape index (κ2) is 12.5. The van der Waals surface area contributed by atoms with Gasteiger partial charge >= 0.3 is 0 Å². The van der Waals surface area contributed by atoms with Crippen molar-refractivity contribution >= 4 is 27.7 Å². The van der Waals surface area contributed by atoms with Gasteiger partial charge in [-0.15, -0.1) is 0 Å². The molecule has 1 atom stereocenters. The maximum atomic E-state index is 14.0. The number of fused-ring (bicyclic) bond motifs is 1. The van der Waals surface area contributed by atoms with Crippen LogP contribution in [0.2, 0.25) is 0 Å². The molecule has 0 saturated heterocycles. The molecule has 0 aliphatic heterocycles. The van der Waals surface area contributed by atoms with Gasteiger partial charge in [-0.05, 0) is 62.5 Å². The number of carbonyl (C=O) groups is 1. The lowest BCUT2D eigenvalue weighted by molar-refractivity contribution is 0.0654. The Bertz CT molecular complexity index is 1430. The number of nitrogens with one attached hydrogen (secondary N) is 1. The minimum atomic E-state index is -0.369. The average Bonchev–Trinajstić information content (AvgIpc) is 3.28. The summed E-state index contributed by atoms with van der Waals surface area (Å²) in [7, 11) is 0. The normalized spacial score (nSPS) is 12.3. The number of hydrogen-bond acceptors (Lipinski definition) is 6. The van der Waals surface area contributed by atoms with Gasteiger partial charge in [0.2, 0.25) is 0 Å². The van der Waals surface area contributed by atoms with Crippen LogP contribution in [0, 0.1) is 13.8 Å². The molecule has 0 saturated carbocycles. The summed E-state index contributed by atoms with van der Waals surface area (Å²) in [6.45, 7) is 11.9. The molecular formula is C30H37N5O2S. The van der Waals surface area contributed by atoms with E-state index in [0.29, 0.717) is 52.9 Å². The molecule has 1 N–H and O–H groups in total. The van der Waals surface area contributed by atoms with E-state index in [1.807, 2.05) is 80.3 Å². The maximum Gasteiger partial charge on any atom is 0.264 e. The Kier molecular flexibility index (Phi) is 9.07. The highest BCUT2D eigenvalue weighted by Crippen LogP contribution is 2.28. The molecule has 38 heavy (non-hydrogen) atoms. The van der Waals surface area contributed by atoms with Gasteiger partial charge in [0, 0.05) is 18.2 Å². The van der Waals surface area contributed by atoms with Gasteiger partial charge in [-0.2, -0.15) is 4.37 Å². The van der Waals surface area contributed by atoms with E-state index in [-0.39, 0.29) is 17.5 Å². The predicted octanol–water partition coefficient (Wildman–Crippen LogP) is 5.50. The molecule has 0 bridgehead atoms. The minimum Gasteiger partial charge on any atom is -0.328 e. The Morgan fingerprint density at radius 1 is 1.08 bits per heavy atom. The van der Waals surface area contributed by atoms with E-state index in [9.17, 15) is 9.59 Å². The van der Waals surface area contributed by atoms with Gasteiger partial charge in [0.15, 0.2) is 4.83 Å². The maximum absolute atomic E-state index is 14.0. The van der Waals surface area contributed by atoms with Crippen molar-refractivity contribution in [2.45, 2.75) is 66.1 Å². The Morgan fingerprint density at radius 2 is 1.79 bits per heavy atom. The summed E-state index contributed by atoms with van der Waals surface area (Å²) < 4.78 is 6.17. The molecule has 0 aliphatic carbocycles. The van der Waals surface area contributed by atoms with Gasteiger partial charge in [0.25, 0.3) is 11.5 Å². The fourth-order valence-electron chi connectivity index (χ4n) is 4.70. The predicted molar refractivity (Wildman–Crippen MR) is 155 cm³/mol. The molecule has 4 aromatic rings. The average molecular weight is 532 g/mol. The zero-order chi connectivity index (χ0) is 27.2. The number of nitrogens with zero attached hydrogens (tertiary/aromatic N) is 4. The smallest absolute Gasteiger partial charge is 0.264 e. The van der Waals surface area contributed by atoms with Crippen LogP contribution in [0.15, 0.2) is 59.4 Å². The molecular weight excluding hydrogens is 494 g/mol. The van der Waals surface area contributed by atoms with E-state index >= 15 is 0 Å². The quantitative estimate of drug-likeness (QED) is 0.259. The fourth-order valence-corrected chi connectivity index (χ4v) is 5.48. The molecule has 0 aliphatic rings. The molecule has 4 rings (SSSR count). The number of amides is 1. The van der Waals surface area contributed by atoms with Crippen LogP contribution in [0.4, 0.5) is 0 Å². The lowest BCUT2D eigenvalue weighted by atomic mass is 10.1. The molecule has 0 fully saturated rings. The largest absolute Gasteiger partial charge is 0.328 e. The van der Waals surface area contributed by atoms with Crippen LogP contribution in [-0.4, -0.2) is 43.9 Å². The molecule has 2 aromatic carbocycles. The van der Waals surface area contributed by atoms with E-state index in [1.54, 1.807) is 4.57 Å². The summed E-state index contributed by atoms with van der Waals surface area (Å²) in [5.41, 5.74) is 3.33. The van der Waals surface area contributed by atoms with Crippen molar-refractivity contribution in [3.63, 3.8) is 0 Å². The Hall–Kier alpha value is -3.36. The molecule has 8 heteroatoms. The number of aromatic nitrogens is 3. The van der Waals surface area contributed by atoms with Crippen LogP contribution in [-0.2, 0) is 6.54 Å². The van der Waals surface area contributed by atoms with Crippen molar-refractivity contribution in [1.29, 1.82) is 0 Å². The zero-order valence-corrected chi connectivity index (χ0v) is 23.7. The lowest BCUT2D eigenvalue weighted by Crippen LogP contribution is -2.40. The van der Waals surface area contributed by atoms with E-state index in [4.69, 9.17) is 4.98 Å². The number of rotatable bonds is 11. The van der Waals surface area contributed by atoms with Gasteiger partial charge in [-0.3, -0.25) is 14.2 Å². The summed E-state index contributed by atoms with van der Waals surface area (Å²) in [6.07, 6.45) is 1.41. The highest BCUT2D eigenvalue weighted by Gasteiger charge is 2.30. The first kappa shape index (κ1) is 27.7. The number of hydrogen-bond donors (Lipinski definition) is 1. The topological polar surface area (TPSA) is 80.1 Å². The van der Waals surface area contributed by atoms with E-state index < -0.39 is 0 Å². The Morgan fingerprint density at radius 3 is 2.45 bits per heavy atom. The van der Waals surface area contributed by atoms with Gasteiger partial charge < -0.3 is 10.2 Å². The fraction of sp³-hybridized carbons (Fsp3) is 0.400. The molecule has 200 valence electrons. The molecule has 0 spiro atoms. The van der Waals surface area contributed by atoms with Gasteiger partial charge in [0.05, 0.1) is 23.7 Å². The van der Waals surface area contributed by atoms with Crippen LogP contribution in [0.3, 0.4) is 0 Å². The summed E-state index contributed by atoms with van der Waals surface area (Å²) in [4.78, 5) is 35.3. The lowest BCUT2D eigenvalue weighted by Gasteiger charge is -2.32. The summed E-state index contributed by atoms with van der Waals surface area (Å²) in [5.74, 6) is 0.553. The van der Waals surface area contributed by atoms with Crippen LogP contribution < -0.4 is 10.9 Å². The summed E-state index contributed by atoms with van der Waals surface area (Å²) in [6, 6.07) is 17.6. The minimum absolute atomic E-state index is 0.0533. The van der Waals surface area contributed by atoms with E-state index in [0.717, 1.165) is 24.1 Å². The second-order valence-corrected chi connectivity index (χ2v) is 10.8. The molecule has 2 heterocycles. The highest BCUT2D eigenvalue weighted by atomic mass is 32.1. The number of carbonyl (C=O) groups excluding carboxylic acids is 1. The Labute approximate surface area is 228 Å². The number of benzene rings is 2. The third-order valence-corrected chi connectivity index (χ3v) is 7.56. The van der Waals surface area contributed by atoms with Crippen molar-refractivity contribution in [3.05, 3.63) is 93.2 Å². The third-order valence-electron chi connectivity index (χ3n) is 6.73. The SMILES string of the molecule is CC[C@H](c1nc2snc(C)c2c(=O)n1Cc1ccccc1)N(CCCNC(C)C)C(=O)c1ccc(C)cc1. The van der Waals surface area contributed by atoms with E-state index in [1.165, 1.54) is 11.5 Å². The Balaban J connectivity index is 1.81. The third kappa shape index (κ3) is 6.19. The summed E-state index contributed by atoms with van der Waals surface area (Å²) >= 11 is 1.24. The van der Waals surface area contributed by atoms with Gasteiger partial charge in [-0.25, -0.2) is 4.98 Å². The van der Waals surface area contributed by atoms with Crippen LogP contribution >= 0.6 is 11.5 Å². The first-order valence-electron chi connectivity index (χ1n) is 13.3. The van der Waals surface area contributed by atoms with Crippen LogP contribution in [0.25, 0.3) is 10.2 Å². The first-order valence-corrected chi connectivity index (χ1v) is 14.1. The standard InChI is InChI=1S/C30H37N5O2S/c1-6-25(34(18-10-17-31-20(2)3)29(36)24-15-13-21(4)14-16-24)27-32-28-26(22(5)33-38-28)30(37)35(27)19-23-11-8-7-9-12-23/h7-9,11-16,20,25,31H,6,10,17-19H2,1-5H3/t25-/m1/s1. The van der Waals surface area contributed by atoms with Crippen molar-refractivity contribution in [3.8, 4) is 0 Å². The van der Waals surface area contributed by atoms with Crippen molar-refractivity contribution < 1.29 is 4.79 Å². The second-order valence-electron chi connectivity index (χ2n) is 10.0. The molecule has 2 aromatic heterocycles. The number of aryl methyl sites for hydroxylation is 2. The molecule has 0 unspecified atom stereocenters. The van der Waals surface area contributed by atoms with Gasteiger partial charge in [-0.1, -0.05) is 68.8 Å². The van der Waals surface area contributed by atoms with E-state index in [2.05, 4.69) is 23.5 Å². The van der Waals surface area contributed by atoms with Crippen molar-refractivity contribution in [2.75, 3.05) is 13.1 Å².